The zero-order chi connectivity index (χ0) is 18.1. The monoisotopic (exact) mass is 347 g/mol. The number of hydrogen-bond donors (Lipinski definition) is 1. The molecule has 7 nitrogen and oxygen atoms in total. The van der Waals surface area contributed by atoms with Gasteiger partial charge in [0.2, 0.25) is 0 Å². The molecule has 1 saturated heterocycles. The number of carbonyl (C=O) groups excluding carboxylic acids is 1. The number of amides is 1. The number of morpholine rings is 1. The molecule has 1 aliphatic rings. The highest BCUT2D eigenvalue weighted by molar-refractivity contribution is 5.95. The maximum atomic E-state index is 13.1. The molecule has 0 aliphatic carbocycles. The Morgan fingerprint density at radius 3 is 2.60 bits per heavy atom. The molecule has 2 aromatic rings. The second-order valence-corrected chi connectivity index (χ2v) is 6.02. The van der Waals surface area contributed by atoms with Crippen LogP contribution in [0, 0.1) is 12.7 Å². The third-order valence-corrected chi connectivity index (χ3v) is 4.13. The van der Waals surface area contributed by atoms with Crippen LogP contribution in [0.4, 0.5) is 4.39 Å². The van der Waals surface area contributed by atoms with Crippen molar-refractivity contribution in [1.82, 2.24) is 14.7 Å². The van der Waals surface area contributed by atoms with E-state index < -0.39 is 12.1 Å². The van der Waals surface area contributed by atoms with Crippen LogP contribution in [0.2, 0.25) is 0 Å². The fourth-order valence-electron chi connectivity index (χ4n) is 2.89. The van der Waals surface area contributed by atoms with Gasteiger partial charge in [0, 0.05) is 6.54 Å². The Morgan fingerprint density at radius 2 is 1.96 bits per heavy atom. The Balaban J connectivity index is 1.85. The lowest BCUT2D eigenvalue weighted by molar-refractivity contribution is -0.160. The predicted molar refractivity (Wildman–Crippen MR) is 86.1 cm³/mol. The number of carboxylic acid groups (broad SMARTS) is 1. The second kappa shape index (κ2) is 6.64. The second-order valence-electron chi connectivity index (χ2n) is 6.02. The minimum absolute atomic E-state index is 0.0142. The maximum absolute atomic E-state index is 13.1. The molecular formula is C17H18FN3O4. The van der Waals surface area contributed by atoms with E-state index in [0.717, 1.165) is 0 Å². The fraction of sp³-hybridized carbons (Fsp3) is 0.353. The van der Waals surface area contributed by atoms with Gasteiger partial charge in [0.05, 0.1) is 35.8 Å². The standard InChI is InChI=1S/C17H18FN3O4/c1-10-8-20(9-15(25-10)17(23)24)16(22)14-7-19-21(11(14)2)13-5-3-12(18)4-6-13/h3-7,10,15H,8-9H2,1-2H3,(H,23,24)/t10-,15?/m1/s1. The molecule has 2 heterocycles. The van der Waals surface area contributed by atoms with Crippen LogP contribution in [-0.2, 0) is 9.53 Å². The van der Waals surface area contributed by atoms with Gasteiger partial charge in [-0.1, -0.05) is 0 Å². The summed E-state index contributed by atoms with van der Waals surface area (Å²) < 4.78 is 19.9. The summed E-state index contributed by atoms with van der Waals surface area (Å²) in [4.78, 5) is 25.4. The summed E-state index contributed by atoms with van der Waals surface area (Å²) in [5.41, 5.74) is 1.61. The predicted octanol–water partition coefficient (Wildman–Crippen LogP) is 1.63. The molecule has 1 aromatic heterocycles. The van der Waals surface area contributed by atoms with Crippen LogP contribution >= 0.6 is 0 Å². The number of halogens is 1. The highest BCUT2D eigenvalue weighted by Crippen LogP contribution is 2.19. The van der Waals surface area contributed by atoms with Crippen LogP contribution in [-0.4, -0.2) is 57.0 Å². The molecule has 0 radical (unpaired) electrons. The molecule has 3 rings (SSSR count). The first-order chi connectivity index (χ1) is 11.9. The number of nitrogens with zero attached hydrogens (tertiary/aromatic N) is 3. The summed E-state index contributed by atoms with van der Waals surface area (Å²) in [6.45, 7) is 3.76. The van der Waals surface area contributed by atoms with Gasteiger partial charge in [-0.3, -0.25) is 4.79 Å². The molecule has 0 bridgehead atoms. The number of carbonyl (C=O) groups is 2. The molecule has 0 spiro atoms. The van der Waals surface area contributed by atoms with E-state index in [4.69, 9.17) is 9.84 Å². The topological polar surface area (TPSA) is 84.7 Å². The molecule has 1 unspecified atom stereocenters. The highest BCUT2D eigenvalue weighted by atomic mass is 19.1. The number of carboxylic acids is 1. The van der Waals surface area contributed by atoms with Crippen molar-refractivity contribution in [1.29, 1.82) is 0 Å². The lowest BCUT2D eigenvalue weighted by Crippen LogP contribution is -2.51. The van der Waals surface area contributed by atoms with Crippen LogP contribution < -0.4 is 0 Å². The van der Waals surface area contributed by atoms with Crippen molar-refractivity contribution < 1.29 is 23.8 Å². The third-order valence-electron chi connectivity index (χ3n) is 4.13. The smallest absolute Gasteiger partial charge is 0.334 e. The highest BCUT2D eigenvalue weighted by Gasteiger charge is 2.34. The number of aliphatic carboxylic acids is 1. The van der Waals surface area contributed by atoms with E-state index in [1.54, 1.807) is 30.7 Å². The van der Waals surface area contributed by atoms with Crippen LogP contribution in [0.1, 0.15) is 23.0 Å². The Morgan fingerprint density at radius 1 is 1.28 bits per heavy atom. The first kappa shape index (κ1) is 17.1. The van der Waals surface area contributed by atoms with Gasteiger partial charge < -0.3 is 14.7 Å². The summed E-state index contributed by atoms with van der Waals surface area (Å²) in [7, 11) is 0. The van der Waals surface area contributed by atoms with Gasteiger partial charge in [0.25, 0.3) is 5.91 Å². The van der Waals surface area contributed by atoms with Crippen molar-refractivity contribution >= 4 is 11.9 Å². The van der Waals surface area contributed by atoms with E-state index in [1.165, 1.54) is 23.2 Å². The van der Waals surface area contributed by atoms with Gasteiger partial charge in [-0.25, -0.2) is 13.9 Å². The van der Waals surface area contributed by atoms with Crippen molar-refractivity contribution in [2.24, 2.45) is 0 Å². The lowest BCUT2D eigenvalue weighted by Gasteiger charge is -2.34. The van der Waals surface area contributed by atoms with Crippen molar-refractivity contribution in [2.45, 2.75) is 26.1 Å². The maximum Gasteiger partial charge on any atom is 0.334 e. The van der Waals surface area contributed by atoms with Crippen molar-refractivity contribution in [3.05, 3.63) is 47.5 Å². The van der Waals surface area contributed by atoms with Crippen LogP contribution in [0.15, 0.2) is 30.5 Å². The van der Waals surface area contributed by atoms with Gasteiger partial charge >= 0.3 is 5.97 Å². The molecular weight excluding hydrogens is 329 g/mol. The molecule has 2 atom stereocenters. The first-order valence-electron chi connectivity index (χ1n) is 7.85. The van der Waals surface area contributed by atoms with Gasteiger partial charge in [-0.05, 0) is 38.1 Å². The minimum Gasteiger partial charge on any atom is -0.479 e. The van der Waals surface area contributed by atoms with Gasteiger partial charge in [-0.2, -0.15) is 5.10 Å². The molecule has 1 N–H and O–H groups in total. The summed E-state index contributed by atoms with van der Waals surface area (Å²) in [5.74, 6) is -1.75. The molecule has 1 aliphatic heterocycles. The summed E-state index contributed by atoms with van der Waals surface area (Å²) in [6, 6.07) is 5.78. The fourth-order valence-corrected chi connectivity index (χ4v) is 2.89. The van der Waals surface area contributed by atoms with Crippen molar-refractivity contribution in [3.63, 3.8) is 0 Å². The van der Waals surface area contributed by atoms with E-state index in [0.29, 0.717) is 23.5 Å². The molecule has 132 valence electrons. The van der Waals surface area contributed by atoms with E-state index >= 15 is 0 Å². The largest absolute Gasteiger partial charge is 0.479 e. The SMILES string of the molecule is Cc1c(C(=O)N2CC(C(=O)O)O[C@H](C)C2)cnn1-c1ccc(F)cc1. The average Bonchev–Trinajstić information content (AvgIpc) is 2.96. The van der Waals surface area contributed by atoms with E-state index in [2.05, 4.69) is 5.10 Å². The van der Waals surface area contributed by atoms with Crippen molar-refractivity contribution in [3.8, 4) is 5.69 Å². The molecule has 8 heteroatoms. The number of hydrogen-bond acceptors (Lipinski definition) is 4. The Bertz CT molecular complexity index is 803. The average molecular weight is 347 g/mol. The van der Waals surface area contributed by atoms with E-state index in [-0.39, 0.29) is 24.4 Å². The number of ether oxygens (including phenoxy) is 1. The van der Waals surface area contributed by atoms with Gasteiger partial charge in [-0.15, -0.1) is 0 Å². The van der Waals surface area contributed by atoms with Crippen molar-refractivity contribution in [2.75, 3.05) is 13.1 Å². The zero-order valence-electron chi connectivity index (χ0n) is 13.8. The molecule has 1 fully saturated rings. The number of benzene rings is 1. The molecule has 1 amide bonds. The summed E-state index contributed by atoms with van der Waals surface area (Å²) in [5, 5.41) is 13.3. The number of rotatable bonds is 3. The first-order valence-corrected chi connectivity index (χ1v) is 7.85. The third kappa shape index (κ3) is 3.39. The van der Waals surface area contributed by atoms with Gasteiger partial charge in [0.1, 0.15) is 5.82 Å². The van der Waals surface area contributed by atoms with Crippen LogP contribution in [0.25, 0.3) is 5.69 Å². The Hall–Kier alpha value is -2.74. The molecule has 25 heavy (non-hydrogen) atoms. The molecule has 1 aromatic carbocycles. The van der Waals surface area contributed by atoms with E-state index in [9.17, 15) is 14.0 Å². The Kier molecular flexibility index (Phi) is 4.54. The lowest BCUT2D eigenvalue weighted by atomic mass is 10.1. The molecule has 0 saturated carbocycles. The quantitative estimate of drug-likeness (QED) is 0.912. The van der Waals surface area contributed by atoms with E-state index in [1.807, 2.05) is 0 Å². The Labute approximate surface area is 143 Å². The number of aromatic nitrogens is 2. The normalized spacial score (nSPS) is 20.5. The zero-order valence-corrected chi connectivity index (χ0v) is 13.8. The summed E-state index contributed by atoms with van der Waals surface area (Å²) in [6.07, 6.45) is 0.0307. The van der Waals surface area contributed by atoms with Gasteiger partial charge in [0.15, 0.2) is 6.10 Å². The minimum atomic E-state index is -1.09. The summed E-state index contributed by atoms with van der Waals surface area (Å²) >= 11 is 0. The van der Waals surface area contributed by atoms with Crippen LogP contribution in [0.3, 0.4) is 0 Å². The van der Waals surface area contributed by atoms with Crippen LogP contribution in [0.5, 0.6) is 0 Å².